The van der Waals surface area contributed by atoms with Gasteiger partial charge in [-0.25, -0.2) is 9.97 Å². The first-order valence-electron chi connectivity index (χ1n) is 7.41. The van der Waals surface area contributed by atoms with E-state index < -0.39 is 0 Å². The average Bonchev–Trinajstić information content (AvgIpc) is 3.05. The number of hydrogen-bond donors (Lipinski definition) is 0. The highest BCUT2D eigenvalue weighted by molar-refractivity contribution is 6.32. The molecule has 4 rings (SSSR count). The van der Waals surface area contributed by atoms with Gasteiger partial charge in [-0.1, -0.05) is 41.9 Å². The molecule has 0 saturated carbocycles. The Balaban J connectivity index is 1.81. The summed E-state index contributed by atoms with van der Waals surface area (Å²) in [6.07, 6.45) is 0. The van der Waals surface area contributed by atoms with E-state index in [9.17, 15) is 0 Å². The van der Waals surface area contributed by atoms with Gasteiger partial charge in [-0.3, -0.25) is 0 Å². The Morgan fingerprint density at radius 2 is 1.67 bits per heavy atom. The predicted molar refractivity (Wildman–Crippen MR) is 94.2 cm³/mol. The third-order valence-electron chi connectivity index (χ3n) is 3.74. The molecular weight excluding hydrogens is 324 g/mol. The quantitative estimate of drug-likeness (QED) is 0.514. The maximum absolute atomic E-state index is 6.32. The molecule has 2 aromatic carbocycles. The van der Waals surface area contributed by atoms with Gasteiger partial charge in [0, 0.05) is 17.2 Å². The molecule has 0 aliphatic rings. The van der Waals surface area contributed by atoms with Crippen LogP contribution in [0, 0.1) is 0 Å². The zero-order valence-corrected chi connectivity index (χ0v) is 13.6. The van der Waals surface area contributed by atoms with E-state index in [1.165, 1.54) is 0 Å². The van der Waals surface area contributed by atoms with Crippen LogP contribution < -0.4 is 4.74 Å². The number of fused-ring (bicyclic) bond motifs is 1. The fourth-order valence-electron chi connectivity index (χ4n) is 2.52. The van der Waals surface area contributed by atoms with Gasteiger partial charge in [0.1, 0.15) is 22.7 Å². The van der Waals surface area contributed by atoms with Crippen molar-refractivity contribution in [2.24, 2.45) is 0 Å². The summed E-state index contributed by atoms with van der Waals surface area (Å²) in [6.45, 7) is 0. The molecular formula is C19H13ClN2O2. The molecule has 4 aromatic rings. The monoisotopic (exact) mass is 336 g/mol. The average molecular weight is 337 g/mol. The highest BCUT2D eigenvalue weighted by Gasteiger charge is 2.14. The fourth-order valence-corrected chi connectivity index (χ4v) is 2.76. The summed E-state index contributed by atoms with van der Waals surface area (Å²) in [5.74, 6) is 1.49. The van der Waals surface area contributed by atoms with E-state index in [4.69, 9.17) is 20.8 Å². The van der Waals surface area contributed by atoms with Crippen molar-refractivity contribution in [1.29, 1.82) is 0 Å². The van der Waals surface area contributed by atoms with Gasteiger partial charge in [-0.05, 0) is 24.3 Å². The highest BCUT2D eigenvalue weighted by Crippen LogP contribution is 2.31. The van der Waals surface area contributed by atoms with E-state index in [2.05, 4.69) is 9.97 Å². The number of halogens is 1. The molecule has 0 radical (unpaired) electrons. The van der Waals surface area contributed by atoms with Gasteiger partial charge < -0.3 is 9.15 Å². The summed E-state index contributed by atoms with van der Waals surface area (Å²) < 4.78 is 11.0. The summed E-state index contributed by atoms with van der Waals surface area (Å²) >= 11 is 6.32. The van der Waals surface area contributed by atoms with Gasteiger partial charge in [0.05, 0.1) is 7.11 Å². The second kappa shape index (κ2) is 5.98. The number of benzene rings is 2. The number of furan rings is 1. The summed E-state index contributed by atoms with van der Waals surface area (Å²) in [6, 6.07) is 19.2. The van der Waals surface area contributed by atoms with Gasteiger partial charge in [0.2, 0.25) is 5.71 Å². The van der Waals surface area contributed by atoms with E-state index in [1.54, 1.807) is 7.11 Å². The molecule has 0 aliphatic carbocycles. The van der Waals surface area contributed by atoms with Crippen molar-refractivity contribution >= 4 is 22.8 Å². The lowest BCUT2D eigenvalue weighted by molar-refractivity contribution is 0.415. The first-order valence-corrected chi connectivity index (χ1v) is 7.79. The van der Waals surface area contributed by atoms with Crippen molar-refractivity contribution in [3.63, 3.8) is 0 Å². The van der Waals surface area contributed by atoms with Gasteiger partial charge >= 0.3 is 0 Å². The predicted octanol–water partition coefficient (Wildman–Crippen LogP) is 5.22. The standard InChI is InChI=1S/C19H13ClN2O2/c1-23-14-9-7-13(8-10-14)17-18(20)21-15-11-16(24-19(15)22-17)12-5-3-2-4-6-12/h2-11H,1H3. The Labute approximate surface area is 143 Å². The molecule has 0 unspecified atom stereocenters. The number of aromatic nitrogens is 2. The molecule has 24 heavy (non-hydrogen) atoms. The first-order chi connectivity index (χ1) is 11.7. The molecule has 0 N–H and O–H groups in total. The van der Waals surface area contributed by atoms with Crippen molar-refractivity contribution in [2.45, 2.75) is 0 Å². The van der Waals surface area contributed by atoms with Gasteiger partial charge in [0.15, 0.2) is 5.15 Å². The van der Waals surface area contributed by atoms with Crippen LogP contribution in [0.25, 0.3) is 33.8 Å². The fraction of sp³-hybridized carbons (Fsp3) is 0.0526. The molecule has 2 heterocycles. The SMILES string of the molecule is COc1ccc(-c2nc3oc(-c4ccccc4)cc3nc2Cl)cc1. The third kappa shape index (κ3) is 2.61. The van der Waals surface area contributed by atoms with Crippen LogP contribution in [0.3, 0.4) is 0 Å². The Kier molecular flexibility index (Phi) is 3.67. The van der Waals surface area contributed by atoms with E-state index >= 15 is 0 Å². The third-order valence-corrected chi connectivity index (χ3v) is 4.01. The minimum Gasteiger partial charge on any atom is -0.497 e. The van der Waals surface area contributed by atoms with E-state index in [-0.39, 0.29) is 0 Å². The van der Waals surface area contributed by atoms with Crippen molar-refractivity contribution in [3.05, 3.63) is 65.8 Å². The van der Waals surface area contributed by atoms with E-state index in [1.807, 2.05) is 60.7 Å². The van der Waals surface area contributed by atoms with Crippen LogP contribution in [0.2, 0.25) is 5.15 Å². The summed E-state index contributed by atoms with van der Waals surface area (Å²) in [5.41, 5.74) is 3.51. The second-order valence-electron chi connectivity index (χ2n) is 5.26. The normalized spacial score (nSPS) is 10.9. The lowest BCUT2D eigenvalue weighted by Gasteiger charge is -2.04. The molecule has 5 heteroatoms. The van der Waals surface area contributed by atoms with E-state index in [0.29, 0.717) is 27.8 Å². The van der Waals surface area contributed by atoms with Crippen LogP contribution in [-0.2, 0) is 0 Å². The summed E-state index contributed by atoms with van der Waals surface area (Å²) in [7, 11) is 1.63. The molecule has 2 aromatic heterocycles. The largest absolute Gasteiger partial charge is 0.497 e. The molecule has 0 atom stereocenters. The van der Waals surface area contributed by atoms with E-state index in [0.717, 1.165) is 16.9 Å². The molecule has 0 spiro atoms. The molecule has 0 bridgehead atoms. The maximum atomic E-state index is 6.32. The zero-order chi connectivity index (χ0) is 16.5. The summed E-state index contributed by atoms with van der Waals surface area (Å²) in [5, 5.41) is 0.341. The van der Waals surface area contributed by atoms with Crippen LogP contribution >= 0.6 is 11.6 Å². The number of nitrogens with zero attached hydrogens (tertiary/aromatic N) is 2. The number of methoxy groups -OCH3 is 1. The Morgan fingerprint density at radius 1 is 0.917 bits per heavy atom. The van der Waals surface area contributed by atoms with Crippen molar-refractivity contribution < 1.29 is 9.15 Å². The van der Waals surface area contributed by atoms with Crippen molar-refractivity contribution in [3.8, 4) is 28.3 Å². The lowest BCUT2D eigenvalue weighted by Crippen LogP contribution is -1.89. The molecule has 0 fully saturated rings. The van der Waals surface area contributed by atoms with Crippen LogP contribution in [0.1, 0.15) is 0 Å². The van der Waals surface area contributed by atoms with Crippen LogP contribution in [0.4, 0.5) is 0 Å². The van der Waals surface area contributed by atoms with Crippen LogP contribution in [0.15, 0.2) is 65.1 Å². The molecule has 118 valence electrons. The highest BCUT2D eigenvalue weighted by atomic mass is 35.5. The topological polar surface area (TPSA) is 48.2 Å². The Morgan fingerprint density at radius 3 is 2.38 bits per heavy atom. The van der Waals surface area contributed by atoms with Crippen molar-refractivity contribution in [1.82, 2.24) is 9.97 Å². The van der Waals surface area contributed by atoms with Gasteiger partial charge in [0.25, 0.3) is 0 Å². The Hall–Kier alpha value is -2.85. The van der Waals surface area contributed by atoms with Crippen molar-refractivity contribution in [2.75, 3.05) is 7.11 Å². The first kappa shape index (κ1) is 14.7. The molecule has 0 aliphatic heterocycles. The maximum Gasteiger partial charge on any atom is 0.246 e. The van der Waals surface area contributed by atoms with Crippen LogP contribution in [0.5, 0.6) is 5.75 Å². The lowest BCUT2D eigenvalue weighted by atomic mass is 10.1. The number of ether oxygens (including phenoxy) is 1. The molecule has 4 nitrogen and oxygen atoms in total. The smallest absolute Gasteiger partial charge is 0.246 e. The Bertz CT molecular complexity index is 995. The van der Waals surface area contributed by atoms with Crippen LogP contribution in [-0.4, -0.2) is 17.1 Å². The van der Waals surface area contributed by atoms with Gasteiger partial charge in [-0.15, -0.1) is 0 Å². The summed E-state index contributed by atoms with van der Waals surface area (Å²) in [4.78, 5) is 8.96. The number of hydrogen-bond acceptors (Lipinski definition) is 4. The number of rotatable bonds is 3. The van der Waals surface area contributed by atoms with Gasteiger partial charge in [-0.2, -0.15) is 0 Å². The zero-order valence-electron chi connectivity index (χ0n) is 12.9. The minimum atomic E-state index is 0.341. The molecule has 0 saturated heterocycles. The molecule has 0 amide bonds. The second-order valence-corrected chi connectivity index (χ2v) is 5.62. The minimum absolute atomic E-state index is 0.341.